The second kappa shape index (κ2) is 8.83. The van der Waals surface area contributed by atoms with Gasteiger partial charge >= 0.3 is 5.97 Å². The molecule has 1 amide bonds. The topological polar surface area (TPSA) is 99.4 Å². The number of carbonyl (C=O) groups excluding carboxylic acids is 1. The molecule has 0 bridgehead atoms. The van der Waals surface area contributed by atoms with Crippen LogP contribution in [0, 0.1) is 0 Å². The van der Waals surface area contributed by atoms with Crippen LogP contribution in [0.3, 0.4) is 0 Å². The quantitative estimate of drug-likeness (QED) is 0.693. The number of para-hydroxylation sites is 1. The van der Waals surface area contributed by atoms with Crippen LogP contribution >= 0.6 is 11.8 Å². The minimum atomic E-state index is -1.04. The first-order valence-electron chi connectivity index (χ1n) is 9.02. The Morgan fingerprint density at radius 1 is 1.24 bits per heavy atom. The Kier molecular flexibility index (Phi) is 6.23. The van der Waals surface area contributed by atoms with Gasteiger partial charge in [-0.25, -0.2) is 9.79 Å². The van der Waals surface area contributed by atoms with Crippen LogP contribution in [-0.2, 0) is 4.79 Å². The average molecular weight is 412 g/mol. The van der Waals surface area contributed by atoms with Crippen LogP contribution in [0.2, 0.25) is 0 Å². The monoisotopic (exact) mass is 412 g/mol. The summed E-state index contributed by atoms with van der Waals surface area (Å²) < 4.78 is 5.39. The molecule has 0 saturated carbocycles. The molecule has 0 atom stereocenters. The maximum atomic E-state index is 12.8. The predicted octanol–water partition coefficient (Wildman–Crippen LogP) is 4.11. The summed E-state index contributed by atoms with van der Waals surface area (Å²) in [6, 6.07) is 11.3. The Balaban J connectivity index is 1.95. The van der Waals surface area contributed by atoms with Gasteiger partial charge in [0.15, 0.2) is 16.7 Å². The van der Waals surface area contributed by atoms with Crippen LogP contribution < -0.4 is 4.74 Å². The van der Waals surface area contributed by atoms with E-state index < -0.39 is 5.97 Å². The van der Waals surface area contributed by atoms with E-state index in [0.29, 0.717) is 40.2 Å². The first-order valence-corrected chi connectivity index (χ1v) is 9.84. The number of hydrogen-bond donors (Lipinski definition) is 2. The summed E-state index contributed by atoms with van der Waals surface area (Å²) in [5.41, 5.74) is 1.04. The maximum absolute atomic E-state index is 12.8. The Labute approximate surface area is 172 Å². The van der Waals surface area contributed by atoms with E-state index in [1.807, 2.05) is 13.8 Å². The highest BCUT2D eigenvalue weighted by Gasteiger charge is 2.32. The zero-order chi connectivity index (χ0) is 21.0. The van der Waals surface area contributed by atoms with Crippen molar-refractivity contribution in [2.45, 2.75) is 13.8 Å². The van der Waals surface area contributed by atoms with Gasteiger partial charge in [0.2, 0.25) is 0 Å². The van der Waals surface area contributed by atoms with Crippen LogP contribution in [0.15, 0.2) is 52.4 Å². The fourth-order valence-corrected chi connectivity index (χ4v) is 3.81. The van der Waals surface area contributed by atoms with Crippen molar-refractivity contribution in [1.29, 1.82) is 0 Å². The van der Waals surface area contributed by atoms with E-state index >= 15 is 0 Å². The molecule has 0 unspecified atom stereocenters. The molecule has 0 aliphatic carbocycles. The number of carbonyl (C=O) groups is 2. The Morgan fingerprint density at radius 3 is 2.69 bits per heavy atom. The van der Waals surface area contributed by atoms with E-state index in [0.717, 1.165) is 0 Å². The van der Waals surface area contributed by atoms with Gasteiger partial charge in [0, 0.05) is 12.1 Å². The molecule has 1 aliphatic heterocycles. The summed E-state index contributed by atoms with van der Waals surface area (Å²) in [7, 11) is 0. The van der Waals surface area contributed by atoms with Crippen molar-refractivity contribution in [2.24, 2.45) is 4.99 Å². The van der Waals surface area contributed by atoms with Crippen molar-refractivity contribution in [3.63, 3.8) is 0 Å². The number of amides is 1. The number of likely N-dealkylation sites (N-methyl/N-ethyl adjacent to an activating group) is 1. The van der Waals surface area contributed by atoms with Crippen LogP contribution in [0.5, 0.6) is 11.5 Å². The molecule has 3 rings (SSSR count). The van der Waals surface area contributed by atoms with Gasteiger partial charge in [0.05, 0.1) is 22.8 Å². The number of thioether (sulfide) groups is 1. The number of phenols is 1. The minimum absolute atomic E-state index is 0.0298. The lowest BCUT2D eigenvalue weighted by molar-refractivity contribution is -0.122. The normalized spacial score (nSPS) is 16.6. The molecule has 2 aromatic rings. The van der Waals surface area contributed by atoms with E-state index in [2.05, 4.69) is 4.99 Å². The van der Waals surface area contributed by atoms with Crippen LogP contribution in [0.1, 0.15) is 29.8 Å². The predicted molar refractivity (Wildman–Crippen MR) is 113 cm³/mol. The number of aliphatic imine (C=N–C) groups is 1. The molecule has 8 heteroatoms. The number of rotatable bonds is 6. The van der Waals surface area contributed by atoms with Gasteiger partial charge in [0.25, 0.3) is 5.91 Å². The summed E-state index contributed by atoms with van der Waals surface area (Å²) in [4.78, 5) is 30.3. The molecular formula is C21H20N2O5S. The number of aromatic carboxylic acids is 1. The van der Waals surface area contributed by atoms with Crippen molar-refractivity contribution >= 4 is 40.6 Å². The smallest absolute Gasteiger partial charge is 0.335 e. The Hall–Kier alpha value is -3.26. The Morgan fingerprint density at radius 2 is 2.00 bits per heavy atom. The number of ether oxygens (including phenoxy) is 1. The van der Waals surface area contributed by atoms with Gasteiger partial charge < -0.3 is 14.9 Å². The van der Waals surface area contributed by atoms with Crippen molar-refractivity contribution in [1.82, 2.24) is 4.90 Å². The van der Waals surface area contributed by atoms with Crippen LogP contribution in [-0.4, -0.2) is 45.3 Å². The van der Waals surface area contributed by atoms with E-state index in [1.54, 1.807) is 36.4 Å². The number of phenolic OH excluding ortho intramolecular Hbond substituents is 1. The number of amidine groups is 1. The molecule has 150 valence electrons. The second-order valence-electron chi connectivity index (χ2n) is 6.04. The largest absolute Gasteiger partial charge is 0.504 e. The third-order valence-electron chi connectivity index (χ3n) is 4.14. The molecule has 0 spiro atoms. The van der Waals surface area contributed by atoms with Crippen molar-refractivity contribution < 1.29 is 24.5 Å². The highest BCUT2D eigenvalue weighted by molar-refractivity contribution is 8.18. The molecule has 2 N–H and O–H groups in total. The van der Waals surface area contributed by atoms with Gasteiger partial charge in [-0.2, -0.15) is 0 Å². The summed E-state index contributed by atoms with van der Waals surface area (Å²) in [6.07, 6.45) is 1.60. The van der Waals surface area contributed by atoms with Gasteiger partial charge in [-0.05, 0) is 56.0 Å². The molecular weight excluding hydrogens is 392 g/mol. The number of hydrogen-bond acceptors (Lipinski definition) is 6. The molecule has 1 fully saturated rings. The number of benzene rings is 2. The summed E-state index contributed by atoms with van der Waals surface area (Å²) in [6.45, 7) is 4.47. The molecule has 2 aromatic carbocycles. The SMILES string of the molecule is CCOc1cccc(C=C2SC(=Nc3cccc(C(=O)O)c3)N(CC)C2=O)c1O. The number of nitrogens with zero attached hydrogens (tertiary/aromatic N) is 2. The number of aromatic hydroxyl groups is 1. The average Bonchev–Trinajstić information content (AvgIpc) is 2.99. The van der Waals surface area contributed by atoms with Crippen LogP contribution in [0.25, 0.3) is 6.08 Å². The second-order valence-corrected chi connectivity index (χ2v) is 7.05. The fourth-order valence-electron chi connectivity index (χ4n) is 2.76. The lowest BCUT2D eigenvalue weighted by Crippen LogP contribution is -2.28. The standard InChI is InChI=1S/C21H20N2O5S/c1-3-23-19(25)17(12-13-7-6-10-16(18(13)24)28-4-2)29-21(23)22-15-9-5-8-14(11-15)20(26)27/h5-12,24H,3-4H2,1-2H3,(H,26,27). The molecule has 29 heavy (non-hydrogen) atoms. The third kappa shape index (κ3) is 4.43. The number of carboxylic acids is 1. The van der Waals surface area contributed by atoms with E-state index in [4.69, 9.17) is 9.84 Å². The molecule has 1 aliphatic rings. The first kappa shape index (κ1) is 20.5. The lowest BCUT2D eigenvalue weighted by atomic mass is 10.1. The molecule has 1 heterocycles. The highest BCUT2D eigenvalue weighted by atomic mass is 32.2. The minimum Gasteiger partial charge on any atom is -0.504 e. The first-order chi connectivity index (χ1) is 13.9. The third-order valence-corrected chi connectivity index (χ3v) is 5.15. The zero-order valence-electron chi connectivity index (χ0n) is 16.0. The van der Waals surface area contributed by atoms with Crippen molar-refractivity contribution in [2.75, 3.05) is 13.2 Å². The zero-order valence-corrected chi connectivity index (χ0v) is 16.8. The van der Waals surface area contributed by atoms with E-state index in [9.17, 15) is 14.7 Å². The van der Waals surface area contributed by atoms with Crippen molar-refractivity contribution in [3.05, 3.63) is 58.5 Å². The molecule has 1 saturated heterocycles. The summed E-state index contributed by atoms with van der Waals surface area (Å²) in [5, 5.41) is 20.0. The highest BCUT2D eigenvalue weighted by Crippen LogP contribution is 2.37. The van der Waals surface area contributed by atoms with Crippen molar-refractivity contribution in [3.8, 4) is 11.5 Å². The van der Waals surface area contributed by atoms with E-state index in [1.165, 1.54) is 28.8 Å². The van der Waals surface area contributed by atoms with Gasteiger partial charge in [-0.1, -0.05) is 18.2 Å². The van der Waals surface area contributed by atoms with Gasteiger partial charge in [-0.3, -0.25) is 9.69 Å². The Bertz CT molecular complexity index is 1020. The van der Waals surface area contributed by atoms with Gasteiger partial charge in [-0.15, -0.1) is 0 Å². The summed E-state index contributed by atoms with van der Waals surface area (Å²) in [5.74, 6) is -0.950. The van der Waals surface area contributed by atoms with E-state index in [-0.39, 0.29) is 17.2 Å². The number of carboxylic acid groups (broad SMARTS) is 1. The van der Waals surface area contributed by atoms with Gasteiger partial charge in [0.1, 0.15) is 0 Å². The maximum Gasteiger partial charge on any atom is 0.335 e. The van der Waals surface area contributed by atoms with Crippen LogP contribution in [0.4, 0.5) is 5.69 Å². The summed E-state index contributed by atoms with van der Waals surface area (Å²) >= 11 is 1.17. The lowest BCUT2D eigenvalue weighted by Gasteiger charge is -2.12. The molecule has 7 nitrogen and oxygen atoms in total. The fraction of sp³-hybridized carbons (Fsp3) is 0.190. The molecule has 0 radical (unpaired) electrons. The molecule has 0 aromatic heterocycles.